The van der Waals surface area contributed by atoms with Crippen LogP contribution in [-0.2, 0) is 11.7 Å². The van der Waals surface area contributed by atoms with Crippen LogP contribution in [0.15, 0.2) is 18.2 Å². The number of nitrogens with zero attached hydrogens (tertiary/aromatic N) is 2. The molecule has 6 heteroatoms. The Kier molecular flexibility index (Phi) is 3.44. The van der Waals surface area contributed by atoms with Crippen molar-refractivity contribution in [3.05, 3.63) is 24.0 Å². The molecule has 1 aromatic heterocycles. The molecule has 110 valence electrons. The van der Waals surface area contributed by atoms with Crippen LogP contribution in [-0.4, -0.2) is 9.55 Å². The number of anilines is 1. The molecule has 0 saturated heterocycles. The van der Waals surface area contributed by atoms with Crippen molar-refractivity contribution < 1.29 is 13.2 Å². The monoisotopic (exact) mass is 285 g/mol. The predicted molar refractivity (Wildman–Crippen MR) is 73.4 cm³/mol. The van der Waals surface area contributed by atoms with Gasteiger partial charge in [0.2, 0.25) is 5.82 Å². The molecule has 0 aliphatic carbocycles. The first-order valence-electron chi connectivity index (χ1n) is 6.52. The molecule has 2 rings (SSSR count). The molecule has 1 aromatic carbocycles. The van der Waals surface area contributed by atoms with Gasteiger partial charge in [-0.05, 0) is 38.5 Å². The summed E-state index contributed by atoms with van der Waals surface area (Å²) in [6.45, 7) is 5.54. The minimum absolute atomic E-state index is 0.279. The van der Waals surface area contributed by atoms with Gasteiger partial charge in [-0.3, -0.25) is 0 Å². The Labute approximate surface area is 115 Å². The predicted octanol–water partition coefficient (Wildman–Crippen LogP) is 4.17. The molecule has 0 spiro atoms. The van der Waals surface area contributed by atoms with E-state index in [1.165, 1.54) is 10.6 Å². The highest BCUT2D eigenvalue weighted by atomic mass is 19.4. The largest absolute Gasteiger partial charge is 0.449 e. The highest BCUT2D eigenvalue weighted by molar-refractivity contribution is 5.80. The lowest BCUT2D eigenvalue weighted by atomic mass is 9.98. The number of nitrogen functional groups attached to an aromatic ring is 1. The molecule has 1 heterocycles. The highest BCUT2D eigenvalue weighted by Gasteiger charge is 2.41. The highest BCUT2D eigenvalue weighted by Crippen LogP contribution is 2.37. The molecular weight excluding hydrogens is 267 g/mol. The minimum atomic E-state index is -4.49. The number of rotatable bonds is 3. The molecule has 2 aromatic rings. The van der Waals surface area contributed by atoms with Crippen molar-refractivity contribution in [1.82, 2.24) is 9.55 Å². The van der Waals surface area contributed by atoms with Gasteiger partial charge in [-0.2, -0.15) is 13.2 Å². The summed E-state index contributed by atoms with van der Waals surface area (Å²) in [7, 11) is 0. The maximum atomic E-state index is 13.2. The number of aromatic nitrogens is 2. The standard InChI is InChI=1S/C14H18F3N3/c1-4-7-13(2,3)20-11-6-5-9(18)8-10(11)19-12(20)14(15,16)17/h5-6,8H,4,7,18H2,1-3H3. The van der Waals surface area contributed by atoms with Crippen molar-refractivity contribution >= 4 is 16.7 Å². The van der Waals surface area contributed by atoms with Crippen molar-refractivity contribution in [2.24, 2.45) is 0 Å². The van der Waals surface area contributed by atoms with Gasteiger partial charge in [0.15, 0.2) is 0 Å². The van der Waals surface area contributed by atoms with Gasteiger partial charge in [-0.25, -0.2) is 4.98 Å². The molecule has 0 radical (unpaired) electrons. The third-order valence-corrected chi connectivity index (χ3v) is 3.40. The van der Waals surface area contributed by atoms with Gasteiger partial charge in [0.1, 0.15) is 0 Å². The third-order valence-electron chi connectivity index (χ3n) is 3.40. The Hall–Kier alpha value is -1.72. The Morgan fingerprint density at radius 2 is 1.90 bits per heavy atom. The smallest absolute Gasteiger partial charge is 0.399 e. The molecule has 2 N–H and O–H groups in total. The molecule has 3 nitrogen and oxygen atoms in total. The number of fused-ring (bicyclic) bond motifs is 1. The fourth-order valence-corrected chi connectivity index (χ4v) is 2.62. The summed E-state index contributed by atoms with van der Waals surface area (Å²) in [4.78, 5) is 3.75. The lowest BCUT2D eigenvalue weighted by Crippen LogP contribution is -2.30. The molecule has 0 unspecified atom stereocenters. The van der Waals surface area contributed by atoms with Crippen LogP contribution in [0.2, 0.25) is 0 Å². The lowest BCUT2D eigenvalue weighted by molar-refractivity contribution is -0.148. The van der Waals surface area contributed by atoms with Crippen molar-refractivity contribution in [3.8, 4) is 0 Å². The summed E-state index contributed by atoms with van der Waals surface area (Å²) >= 11 is 0. The van der Waals surface area contributed by atoms with E-state index in [0.29, 0.717) is 17.6 Å². The maximum absolute atomic E-state index is 13.2. The molecule has 20 heavy (non-hydrogen) atoms. The van der Waals surface area contributed by atoms with E-state index in [4.69, 9.17) is 5.73 Å². The van der Waals surface area contributed by atoms with Crippen LogP contribution in [0.5, 0.6) is 0 Å². The van der Waals surface area contributed by atoms with Crippen LogP contribution < -0.4 is 5.73 Å². The second-order valence-corrected chi connectivity index (χ2v) is 5.58. The fourth-order valence-electron chi connectivity index (χ4n) is 2.62. The molecule has 0 saturated carbocycles. The first-order chi connectivity index (χ1) is 9.16. The summed E-state index contributed by atoms with van der Waals surface area (Å²) in [5, 5.41) is 0. The van der Waals surface area contributed by atoms with Crippen LogP contribution in [0, 0.1) is 0 Å². The zero-order valence-corrected chi connectivity index (χ0v) is 11.8. The SMILES string of the molecule is CCCC(C)(C)n1c(C(F)(F)F)nc2cc(N)ccc21. The van der Waals surface area contributed by atoms with Crippen LogP contribution in [0.25, 0.3) is 11.0 Å². The van der Waals surface area contributed by atoms with Crippen LogP contribution in [0.4, 0.5) is 18.9 Å². The Balaban J connectivity index is 2.78. The summed E-state index contributed by atoms with van der Waals surface area (Å²) in [5.41, 5.74) is 6.12. The maximum Gasteiger partial charge on any atom is 0.449 e. The van der Waals surface area contributed by atoms with Gasteiger partial charge >= 0.3 is 6.18 Å². The number of nitrogens with two attached hydrogens (primary N) is 1. The summed E-state index contributed by atoms with van der Waals surface area (Å²) < 4.78 is 41.0. The summed E-state index contributed by atoms with van der Waals surface area (Å²) in [5.74, 6) is -0.864. The van der Waals surface area contributed by atoms with E-state index in [0.717, 1.165) is 6.42 Å². The zero-order chi connectivity index (χ0) is 15.1. The second kappa shape index (κ2) is 4.68. The molecule has 0 amide bonds. The number of benzene rings is 1. The van der Waals surface area contributed by atoms with Crippen molar-refractivity contribution in [1.29, 1.82) is 0 Å². The van der Waals surface area contributed by atoms with Crippen molar-refractivity contribution in [2.75, 3.05) is 5.73 Å². The van der Waals surface area contributed by atoms with Gasteiger partial charge in [-0.15, -0.1) is 0 Å². The fraction of sp³-hybridized carbons (Fsp3) is 0.500. The molecule has 0 fully saturated rings. The van der Waals surface area contributed by atoms with E-state index >= 15 is 0 Å². The molecule has 0 bridgehead atoms. The van der Waals surface area contributed by atoms with Crippen LogP contribution >= 0.6 is 0 Å². The van der Waals surface area contributed by atoms with E-state index in [-0.39, 0.29) is 5.52 Å². The van der Waals surface area contributed by atoms with E-state index in [1.807, 2.05) is 6.92 Å². The van der Waals surface area contributed by atoms with Gasteiger partial charge in [0.25, 0.3) is 0 Å². The Bertz CT molecular complexity index is 626. The van der Waals surface area contributed by atoms with Crippen LogP contribution in [0.3, 0.4) is 0 Å². The number of hydrogen-bond acceptors (Lipinski definition) is 2. The van der Waals surface area contributed by atoms with E-state index in [2.05, 4.69) is 4.98 Å². The molecule has 0 aliphatic rings. The summed E-state index contributed by atoms with van der Waals surface area (Å²) in [6, 6.07) is 4.68. The van der Waals surface area contributed by atoms with Gasteiger partial charge < -0.3 is 10.3 Å². The topological polar surface area (TPSA) is 43.8 Å². The van der Waals surface area contributed by atoms with E-state index in [9.17, 15) is 13.2 Å². The second-order valence-electron chi connectivity index (χ2n) is 5.58. The first kappa shape index (κ1) is 14.7. The molecule has 0 aliphatic heterocycles. The van der Waals surface area contributed by atoms with E-state index in [1.54, 1.807) is 26.0 Å². The quantitative estimate of drug-likeness (QED) is 0.860. The molecule has 0 atom stereocenters. The zero-order valence-electron chi connectivity index (χ0n) is 11.8. The average Bonchev–Trinajstić information content (AvgIpc) is 2.67. The number of alkyl halides is 3. The van der Waals surface area contributed by atoms with Crippen molar-refractivity contribution in [2.45, 2.75) is 45.3 Å². The number of halogens is 3. The minimum Gasteiger partial charge on any atom is -0.399 e. The first-order valence-corrected chi connectivity index (χ1v) is 6.52. The Morgan fingerprint density at radius 1 is 1.25 bits per heavy atom. The number of hydrogen-bond donors (Lipinski definition) is 1. The molecular formula is C14H18F3N3. The normalized spacial score (nSPS) is 13.1. The average molecular weight is 285 g/mol. The summed E-state index contributed by atoms with van der Waals surface area (Å²) in [6.07, 6.45) is -3.07. The van der Waals surface area contributed by atoms with Gasteiger partial charge in [0.05, 0.1) is 11.0 Å². The van der Waals surface area contributed by atoms with Gasteiger partial charge in [0, 0.05) is 11.2 Å². The van der Waals surface area contributed by atoms with Crippen molar-refractivity contribution in [3.63, 3.8) is 0 Å². The lowest BCUT2D eigenvalue weighted by Gasteiger charge is -2.29. The number of imidazole rings is 1. The van der Waals surface area contributed by atoms with Gasteiger partial charge in [-0.1, -0.05) is 13.3 Å². The van der Waals surface area contributed by atoms with Crippen LogP contribution in [0.1, 0.15) is 39.4 Å². The third kappa shape index (κ3) is 2.46. The van der Waals surface area contributed by atoms with E-state index < -0.39 is 17.5 Å². The Morgan fingerprint density at radius 3 is 2.45 bits per heavy atom.